The predicted molar refractivity (Wildman–Crippen MR) is 81.2 cm³/mol. The second kappa shape index (κ2) is 6.12. The van der Waals surface area contributed by atoms with Gasteiger partial charge < -0.3 is 10.1 Å². The summed E-state index contributed by atoms with van der Waals surface area (Å²) in [6.45, 7) is 5.32. The number of hydrogen-bond acceptors (Lipinski definition) is 4. The molecular formula is C14H27N3O3S. The summed E-state index contributed by atoms with van der Waals surface area (Å²) in [6, 6.07) is 0.732. The van der Waals surface area contributed by atoms with Gasteiger partial charge in [0.2, 0.25) is 0 Å². The molecule has 6 nitrogen and oxygen atoms in total. The third-order valence-electron chi connectivity index (χ3n) is 4.78. The summed E-state index contributed by atoms with van der Waals surface area (Å²) in [5.41, 5.74) is -0.441. The van der Waals surface area contributed by atoms with Crippen molar-refractivity contribution in [3.63, 3.8) is 0 Å². The summed E-state index contributed by atoms with van der Waals surface area (Å²) >= 11 is 0. The molecule has 0 spiro atoms. The summed E-state index contributed by atoms with van der Waals surface area (Å²) in [6.07, 6.45) is 5.26. The quantitative estimate of drug-likeness (QED) is 0.747. The molecule has 3 rings (SSSR count). The lowest BCUT2D eigenvalue weighted by Crippen LogP contribution is -2.54. The largest absolute Gasteiger partial charge is 0.379 e. The van der Waals surface area contributed by atoms with Gasteiger partial charge in [-0.1, -0.05) is 0 Å². The van der Waals surface area contributed by atoms with Crippen LogP contribution in [-0.2, 0) is 14.9 Å². The van der Waals surface area contributed by atoms with Crippen LogP contribution in [0.5, 0.6) is 0 Å². The van der Waals surface area contributed by atoms with Crippen molar-refractivity contribution in [2.24, 2.45) is 5.92 Å². The zero-order chi connectivity index (χ0) is 14.9. The van der Waals surface area contributed by atoms with Crippen molar-refractivity contribution >= 4 is 10.2 Å². The highest BCUT2D eigenvalue weighted by Crippen LogP contribution is 2.24. The van der Waals surface area contributed by atoms with E-state index in [0.717, 1.165) is 31.8 Å². The molecule has 1 saturated carbocycles. The lowest BCUT2D eigenvalue weighted by Gasteiger charge is -2.34. The van der Waals surface area contributed by atoms with E-state index in [-0.39, 0.29) is 0 Å². The second-order valence-electron chi connectivity index (χ2n) is 7.00. The standard InChI is InChI=1S/C14H27N3O3S/c1-14(6-9-20-11-14)16-21(18,19)17-7-4-12(5-8-17)10-15-13-2-3-13/h12-13,15-16H,2-11H2,1H3. The molecule has 2 N–H and O–H groups in total. The van der Waals surface area contributed by atoms with Gasteiger partial charge >= 0.3 is 0 Å². The number of nitrogens with one attached hydrogen (secondary N) is 2. The highest BCUT2D eigenvalue weighted by atomic mass is 32.2. The van der Waals surface area contributed by atoms with E-state index < -0.39 is 15.7 Å². The van der Waals surface area contributed by atoms with E-state index in [2.05, 4.69) is 10.0 Å². The minimum absolute atomic E-state index is 0.441. The van der Waals surface area contributed by atoms with Crippen LogP contribution in [0.15, 0.2) is 0 Å². The number of nitrogens with zero attached hydrogens (tertiary/aromatic N) is 1. The van der Waals surface area contributed by atoms with Crippen LogP contribution in [0, 0.1) is 5.92 Å². The summed E-state index contributed by atoms with van der Waals surface area (Å²) in [7, 11) is -3.38. The topological polar surface area (TPSA) is 70.7 Å². The summed E-state index contributed by atoms with van der Waals surface area (Å²) in [5.74, 6) is 0.613. The van der Waals surface area contributed by atoms with Crippen molar-refractivity contribution in [2.45, 2.75) is 50.6 Å². The number of rotatable bonds is 6. The molecule has 21 heavy (non-hydrogen) atoms. The average molecular weight is 317 g/mol. The van der Waals surface area contributed by atoms with Gasteiger partial charge in [0.05, 0.1) is 12.1 Å². The van der Waals surface area contributed by atoms with Crippen molar-refractivity contribution in [1.29, 1.82) is 0 Å². The Balaban J connectivity index is 1.47. The summed E-state index contributed by atoms with van der Waals surface area (Å²) in [5, 5.41) is 3.54. The van der Waals surface area contributed by atoms with E-state index in [1.54, 1.807) is 4.31 Å². The van der Waals surface area contributed by atoms with Crippen LogP contribution in [0.4, 0.5) is 0 Å². The third kappa shape index (κ3) is 4.16. The molecule has 0 aromatic heterocycles. The van der Waals surface area contributed by atoms with Crippen LogP contribution < -0.4 is 10.0 Å². The molecule has 1 atom stereocenters. The van der Waals surface area contributed by atoms with Gasteiger partial charge in [0.15, 0.2) is 0 Å². The van der Waals surface area contributed by atoms with Gasteiger partial charge in [0.25, 0.3) is 10.2 Å². The zero-order valence-electron chi connectivity index (χ0n) is 12.8. The Hall–Kier alpha value is -0.210. The fourth-order valence-corrected chi connectivity index (χ4v) is 4.70. The molecule has 2 aliphatic heterocycles. The Morgan fingerprint density at radius 3 is 2.52 bits per heavy atom. The van der Waals surface area contributed by atoms with Crippen LogP contribution in [0.2, 0.25) is 0 Å². The van der Waals surface area contributed by atoms with E-state index in [1.165, 1.54) is 12.8 Å². The smallest absolute Gasteiger partial charge is 0.280 e. The summed E-state index contributed by atoms with van der Waals surface area (Å²) in [4.78, 5) is 0. The Morgan fingerprint density at radius 2 is 1.95 bits per heavy atom. The van der Waals surface area contributed by atoms with Gasteiger partial charge in [0, 0.05) is 25.7 Å². The van der Waals surface area contributed by atoms with E-state index in [9.17, 15) is 8.42 Å². The Morgan fingerprint density at radius 1 is 1.24 bits per heavy atom. The first-order valence-corrected chi connectivity index (χ1v) is 9.51. The number of ether oxygens (including phenoxy) is 1. The summed E-state index contributed by atoms with van der Waals surface area (Å²) < 4.78 is 34.7. The van der Waals surface area contributed by atoms with E-state index in [1.807, 2.05) is 6.92 Å². The first kappa shape index (κ1) is 15.7. The molecule has 0 bridgehead atoms. The molecule has 122 valence electrons. The molecule has 0 aromatic rings. The molecule has 1 aliphatic carbocycles. The fraction of sp³-hybridized carbons (Fsp3) is 1.00. The molecule has 0 radical (unpaired) electrons. The van der Waals surface area contributed by atoms with Crippen LogP contribution in [0.3, 0.4) is 0 Å². The van der Waals surface area contributed by atoms with Crippen molar-refractivity contribution in [3.05, 3.63) is 0 Å². The van der Waals surface area contributed by atoms with Crippen LogP contribution in [0.1, 0.15) is 39.0 Å². The molecule has 3 aliphatic rings. The molecule has 0 amide bonds. The van der Waals surface area contributed by atoms with E-state index >= 15 is 0 Å². The van der Waals surface area contributed by atoms with Crippen molar-refractivity contribution in [3.8, 4) is 0 Å². The fourth-order valence-electron chi connectivity index (χ4n) is 3.10. The molecule has 3 fully saturated rings. The zero-order valence-corrected chi connectivity index (χ0v) is 13.6. The predicted octanol–water partition coefficient (Wildman–Crippen LogP) is 0.464. The van der Waals surface area contributed by atoms with Gasteiger partial charge in [-0.3, -0.25) is 0 Å². The highest BCUT2D eigenvalue weighted by Gasteiger charge is 2.37. The normalized spacial score (nSPS) is 32.6. The molecule has 7 heteroatoms. The van der Waals surface area contributed by atoms with Crippen LogP contribution in [-0.4, -0.2) is 57.2 Å². The Labute approximate surface area is 127 Å². The number of piperidine rings is 1. The van der Waals surface area contributed by atoms with Gasteiger partial charge in [-0.25, -0.2) is 0 Å². The van der Waals surface area contributed by atoms with Crippen molar-refractivity contribution < 1.29 is 13.2 Å². The minimum atomic E-state index is -3.38. The third-order valence-corrected chi connectivity index (χ3v) is 6.58. The van der Waals surface area contributed by atoms with Gasteiger partial charge in [0.1, 0.15) is 0 Å². The average Bonchev–Trinajstić information content (AvgIpc) is 3.18. The Kier molecular flexibility index (Phi) is 4.57. The van der Waals surface area contributed by atoms with Crippen LogP contribution >= 0.6 is 0 Å². The first-order chi connectivity index (χ1) is 9.97. The maximum Gasteiger partial charge on any atom is 0.280 e. The Bertz CT molecular complexity index is 450. The van der Waals surface area contributed by atoms with Gasteiger partial charge in [-0.05, 0) is 51.5 Å². The highest BCUT2D eigenvalue weighted by molar-refractivity contribution is 7.87. The maximum absolute atomic E-state index is 12.5. The monoisotopic (exact) mass is 317 g/mol. The number of hydrogen-bond donors (Lipinski definition) is 2. The van der Waals surface area contributed by atoms with Crippen molar-refractivity contribution in [2.75, 3.05) is 32.8 Å². The van der Waals surface area contributed by atoms with Gasteiger partial charge in [-0.2, -0.15) is 17.4 Å². The molecule has 1 unspecified atom stereocenters. The SMILES string of the molecule is CC1(NS(=O)(=O)N2CCC(CNC3CC3)CC2)CCOC1. The lowest BCUT2D eigenvalue weighted by molar-refractivity contribution is 0.176. The molecule has 2 heterocycles. The maximum atomic E-state index is 12.5. The second-order valence-corrected chi connectivity index (χ2v) is 8.67. The molecule has 0 aromatic carbocycles. The van der Waals surface area contributed by atoms with E-state index in [4.69, 9.17) is 4.74 Å². The molecule has 2 saturated heterocycles. The van der Waals surface area contributed by atoms with Crippen LogP contribution in [0.25, 0.3) is 0 Å². The van der Waals surface area contributed by atoms with E-state index in [0.29, 0.717) is 32.2 Å². The first-order valence-electron chi connectivity index (χ1n) is 8.07. The van der Waals surface area contributed by atoms with Crippen molar-refractivity contribution in [1.82, 2.24) is 14.3 Å². The minimum Gasteiger partial charge on any atom is -0.379 e. The lowest BCUT2D eigenvalue weighted by atomic mass is 9.98. The van der Waals surface area contributed by atoms with Gasteiger partial charge in [-0.15, -0.1) is 0 Å². The molecular weight excluding hydrogens is 290 g/mol.